The molecule has 0 saturated heterocycles. The van der Waals surface area contributed by atoms with Crippen molar-refractivity contribution in [3.8, 4) is 0 Å². The molecule has 2 aliphatic rings. The van der Waals surface area contributed by atoms with E-state index in [0.29, 0.717) is 13.0 Å². The van der Waals surface area contributed by atoms with E-state index in [4.69, 9.17) is 0 Å². The maximum atomic E-state index is 13.5. The SMILES string of the molecule is CC1CCC(NC(=O)[C@@]2(C)Cc3ccccc3C(=O)N2CCc2ccccc2)CC1. The minimum Gasteiger partial charge on any atom is -0.351 e. The summed E-state index contributed by atoms with van der Waals surface area (Å²) in [4.78, 5) is 28.8. The van der Waals surface area contributed by atoms with Gasteiger partial charge in [-0.2, -0.15) is 0 Å². The summed E-state index contributed by atoms with van der Waals surface area (Å²) in [5.74, 6) is 0.680. The first-order valence-electron chi connectivity index (χ1n) is 11.2. The fourth-order valence-corrected chi connectivity index (χ4v) is 4.90. The van der Waals surface area contributed by atoms with E-state index < -0.39 is 5.54 Å². The Kier molecular flexibility index (Phi) is 5.94. The Labute approximate surface area is 179 Å². The van der Waals surface area contributed by atoms with E-state index in [1.807, 2.05) is 54.3 Å². The predicted molar refractivity (Wildman–Crippen MR) is 119 cm³/mol. The molecule has 0 unspecified atom stereocenters. The van der Waals surface area contributed by atoms with Crippen molar-refractivity contribution in [3.63, 3.8) is 0 Å². The number of hydrogen-bond donors (Lipinski definition) is 1. The van der Waals surface area contributed by atoms with E-state index in [1.54, 1.807) is 0 Å². The zero-order valence-corrected chi connectivity index (χ0v) is 18.1. The van der Waals surface area contributed by atoms with Gasteiger partial charge in [-0.05, 0) is 62.1 Å². The second kappa shape index (κ2) is 8.63. The van der Waals surface area contributed by atoms with Crippen LogP contribution in [0.4, 0.5) is 0 Å². The minimum absolute atomic E-state index is 0.0158. The van der Waals surface area contributed by atoms with E-state index in [2.05, 4.69) is 24.4 Å². The molecule has 2 aromatic carbocycles. The number of nitrogens with one attached hydrogen (secondary N) is 1. The first kappa shape index (κ1) is 20.6. The number of amides is 2. The normalized spacial score (nSPS) is 26.2. The van der Waals surface area contributed by atoms with Crippen LogP contribution in [0.5, 0.6) is 0 Å². The molecule has 1 N–H and O–H groups in total. The van der Waals surface area contributed by atoms with Gasteiger partial charge < -0.3 is 10.2 Å². The third-order valence-electron chi connectivity index (χ3n) is 6.93. The molecule has 30 heavy (non-hydrogen) atoms. The standard InChI is InChI=1S/C26H32N2O2/c1-19-12-14-22(15-13-19)27-25(30)26(2)18-21-10-6-7-11-23(21)24(29)28(26)17-16-20-8-4-3-5-9-20/h3-11,19,22H,12-18H2,1-2H3,(H,27,30)/t19?,22?,26-/m1/s1. The summed E-state index contributed by atoms with van der Waals surface area (Å²) in [6.45, 7) is 4.75. The van der Waals surface area contributed by atoms with Gasteiger partial charge in [-0.3, -0.25) is 9.59 Å². The molecule has 1 heterocycles. The van der Waals surface area contributed by atoms with Gasteiger partial charge in [-0.1, -0.05) is 55.5 Å². The molecule has 2 aromatic rings. The molecule has 4 rings (SSSR count). The minimum atomic E-state index is -0.872. The maximum absolute atomic E-state index is 13.5. The van der Waals surface area contributed by atoms with Crippen molar-refractivity contribution in [3.05, 3.63) is 71.3 Å². The highest BCUT2D eigenvalue weighted by atomic mass is 16.2. The molecule has 0 radical (unpaired) electrons. The van der Waals surface area contributed by atoms with Crippen molar-refractivity contribution in [1.29, 1.82) is 0 Å². The second-order valence-corrected chi connectivity index (χ2v) is 9.23. The number of nitrogens with zero attached hydrogens (tertiary/aromatic N) is 1. The summed E-state index contributed by atoms with van der Waals surface area (Å²) < 4.78 is 0. The van der Waals surface area contributed by atoms with E-state index in [0.717, 1.165) is 49.1 Å². The van der Waals surface area contributed by atoms with Crippen molar-refractivity contribution < 1.29 is 9.59 Å². The third kappa shape index (κ3) is 4.14. The van der Waals surface area contributed by atoms with Gasteiger partial charge in [0.2, 0.25) is 5.91 Å². The highest BCUT2D eigenvalue weighted by Crippen LogP contribution is 2.32. The molecule has 4 heteroatoms. The number of benzene rings is 2. The Balaban J connectivity index is 1.58. The molecule has 0 aromatic heterocycles. The molecule has 4 nitrogen and oxygen atoms in total. The van der Waals surface area contributed by atoms with Crippen LogP contribution in [0.25, 0.3) is 0 Å². The number of hydrogen-bond acceptors (Lipinski definition) is 2. The van der Waals surface area contributed by atoms with Crippen molar-refractivity contribution in [1.82, 2.24) is 10.2 Å². The Morgan fingerprint density at radius 2 is 1.70 bits per heavy atom. The topological polar surface area (TPSA) is 49.4 Å². The summed E-state index contributed by atoms with van der Waals surface area (Å²) in [7, 11) is 0. The van der Waals surface area contributed by atoms with Crippen LogP contribution in [0.3, 0.4) is 0 Å². The quantitative estimate of drug-likeness (QED) is 0.804. The summed E-state index contributed by atoms with van der Waals surface area (Å²) in [6.07, 6.45) is 5.65. The molecule has 2 amide bonds. The zero-order valence-electron chi connectivity index (χ0n) is 18.1. The molecule has 0 spiro atoms. The fraction of sp³-hybridized carbons (Fsp3) is 0.462. The molecule has 1 fully saturated rings. The summed E-state index contributed by atoms with van der Waals surface area (Å²) in [5, 5.41) is 3.30. The number of carbonyl (C=O) groups excluding carboxylic acids is 2. The Hall–Kier alpha value is -2.62. The van der Waals surface area contributed by atoms with Gasteiger partial charge in [0.1, 0.15) is 5.54 Å². The molecule has 1 aliphatic heterocycles. The predicted octanol–water partition coefficient (Wildman–Crippen LogP) is 4.38. The lowest BCUT2D eigenvalue weighted by atomic mass is 9.81. The van der Waals surface area contributed by atoms with Gasteiger partial charge in [-0.15, -0.1) is 0 Å². The van der Waals surface area contributed by atoms with Crippen LogP contribution in [-0.2, 0) is 17.6 Å². The second-order valence-electron chi connectivity index (χ2n) is 9.23. The van der Waals surface area contributed by atoms with Crippen LogP contribution < -0.4 is 5.32 Å². The Bertz CT molecular complexity index is 902. The van der Waals surface area contributed by atoms with Crippen LogP contribution in [0, 0.1) is 5.92 Å². The van der Waals surface area contributed by atoms with Crippen LogP contribution in [0.15, 0.2) is 54.6 Å². The largest absolute Gasteiger partial charge is 0.351 e. The molecular weight excluding hydrogens is 372 g/mol. The Morgan fingerprint density at radius 1 is 1.03 bits per heavy atom. The van der Waals surface area contributed by atoms with Crippen LogP contribution in [0.2, 0.25) is 0 Å². The van der Waals surface area contributed by atoms with E-state index in [-0.39, 0.29) is 17.9 Å². The van der Waals surface area contributed by atoms with Crippen molar-refractivity contribution in [2.45, 2.75) is 64.0 Å². The lowest BCUT2D eigenvalue weighted by Gasteiger charge is -2.45. The van der Waals surface area contributed by atoms with Crippen molar-refractivity contribution in [2.75, 3.05) is 6.54 Å². The van der Waals surface area contributed by atoms with Gasteiger partial charge in [0.15, 0.2) is 0 Å². The number of fused-ring (bicyclic) bond motifs is 1. The van der Waals surface area contributed by atoms with Gasteiger partial charge in [0, 0.05) is 24.6 Å². The lowest BCUT2D eigenvalue weighted by molar-refractivity contribution is -0.132. The van der Waals surface area contributed by atoms with Crippen molar-refractivity contribution in [2.24, 2.45) is 5.92 Å². The van der Waals surface area contributed by atoms with Gasteiger partial charge in [0.25, 0.3) is 5.91 Å². The average molecular weight is 405 g/mol. The van der Waals surface area contributed by atoms with Gasteiger partial charge >= 0.3 is 0 Å². The number of rotatable bonds is 5. The Morgan fingerprint density at radius 3 is 2.43 bits per heavy atom. The third-order valence-corrected chi connectivity index (χ3v) is 6.93. The molecule has 1 atom stereocenters. The van der Waals surface area contributed by atoms with Crippen LogP contribution in [-0.4, -0.2) is 34.8 Å². The summed E-state index contributed by atoms with van der Waals surface area (Å²) in [6, 6.07) is 18.1. The first-order valence-corrected chi connectivity index (χ1v) is 11.2. The average Bonchev–Trinajstić information content (AvgIpc) is 2.76. The maximum Gasteiger partial charge on any atom is 0.255 e. The van der Waals surface area contributed by atoms with Crippen LogP contribution in [0.1, 0.15) is 61.0 Å². The van der Waals surface area contributed by atoms with E-state index in [9.17, 15) is 9.59 Å². The van der Waals surface area contributed by atoms with E-state index >= 15 is 0 Å². The molecule has 1 saturated carbocycles. The summed E-state index contributed by atoms with van der Waals surface area (Å²) >= 11 is 0. The molecule has 0 bridgehead atoms. The molecule has 158 valence electrons. The van der Waals surface area contributed by atoms with Gasteiger partial charge in [0.05, 0.1) is 0 Å². The van der Waals surface area contributed by atoms with Crippen LogP contribution >= 0.6 is 0 Å². The first-order chi connectivity index (χ1) is 14.5. The van der Waals surface area contributed by atoms with E-state index in [1.165, 1.54) is 5.56 Å². The molecular formula is C26H32N2O2. The highest BCUT2D eigenvalue weighted by molar-refractivity contribution is 6.02. The summed E-state index contributed by atoms with van der Waals surface area (Å²) in [5.41, 5.74) is 1.99. The monoisotopic (exact) mass is 404 g/mol. The molecule has 1 aliphatic carbocycles. The zero-order chi connectivity index (χ0) is 21.1. The number of carbonyl (C=O) groups is 2. The van der Waals surface area contributed by atoms with Gasteiger partial charge in [-0.25, -0.2) is 0 Å². The fourth-order valence-electron chi connectivity index (χ4n) is 4.90. The van der Waals surface area contributed by atoms with Crippen molar-refractivity contribution >= 4 is 11.8 Å². The lowest BCUT2D eigenvalue weighted by Crippen LogP contribution is -2.64. The smallest absolute Gasteiger partial charge is 0.255 e. The highest BCUT2D eigenvalue weighted by Gasteiger charge is 2.47.